The Bertz CT molecular complexity index is 395. The third kappa shape index (κ3) is 2.83. The van der Waals surface area contributed by atoms with Gasteiger partial charge < -0.3 is 10.6 Å². The van der Waals surface area contributed by atoms with Crippen LogP contribution < -0.4 is 10.6 Å². The van der Waals surface area contributed by atoms with Crippen molar-refractivity contribution in [3.63, 3.8) is 0 Å². The second kappa shape index (κ2) is 5.70. The summed E-state index contributed by atoms with van der Waals surface area (Å²) in [5.74, 6) is 1.98. The Morgan fingerprint density at radius 1 is 1.28 bits per heavy atom. The van der Waals surface area contributed by atoms with E-state index in [1.54, 1.807) is 0 Å². The lowest BCUT2D eigenvalue weighted by molar-refractivity contribution is 0.340. The maximum Gasteiger partial charge on any atom is 0.128 e. The van der Waals surface area contributed by atoms with Crippen molar-refractivity contribution in [1.82, 2.24) is 4.98 Å². The van der Waals surface area contributed by atoms with Crippen LogP contribution in [0.2, 0.25) is 0 Å². The van der Waals surface area contributed by atoms with Gasteiger partial charge in [0.1, 0.15) is 5.82 Å². The average Bonchev–Trinajstić information content (AvgIpc) is 2.38. The minimum Gasteiger partial charge on any atom is -0.357 e. The van der Waals surface area contributed by atoms with Crippen molar-refractivity contribution in [2.24, 2.45) is 11.7 Å². The van der Waals surface area contributed by atoms with Gasteiger partial charge in [-0.1, -0.05) is 13.0 Å². The predicted molar refractivity (Wildman–Crippen MR) is 76.7 cm³/mol. The summed E-state index contributed by atoms with van der Waals surface area (Å²) in [7, 11) is 2.17. The van der Waals surface area contributed by atoms with Crippen molar-refractivity contribution in [2.75, 3.05) is 11.9 Å². The van der Waals surface area contributed by atoms with Crippen LogP contribution in [-0.4, -0.2) is 18.1 Å². The van der Waals surface area contributed by atoms with Crippen LogP contribution in [0.1, 0.15) is 43.9 Å². The number of hydrogen-bond acceptors (Lipinski definition) is 3. The van der Waals surface area contributed by atoms with E-state index in [1.807, 2.05) is 6.92 Å². The molecule has 1 aliphatic carbocycles. The number of aryl methyl sites for hydroxylation is 1. The molecular weight excluding hydrogens is 222 g/mol. The van der Waals surface area contributed by atoms with Crippen molar-refractivity contribution in [3.8, 4) is 0 Å². The van der Waals surface area contributed by atoms with E-state index in [4.69, 9.17) is 5.73 Å². The number of anilines is 1. The van der Waals surface area contributed by atoms with E-state index in [2.05, 4.69) is 36.0 Å². The van der Waals surface area contributed by atoms with Crippen LogP contribution in [0.3, 0.4) is 0 Å². The van der Waals surface area contributed by atoms with Gasteiger partial charge in [0, 0.05) is 25.3 Å². The fourth-order valence-corrected chi connectivity index (χ4v) is 2.81. The number of aromatic nitrogens is 1. The van der Waals surface area contributed by atoms with Crippen LogP contribution in [0.25, 0.3) is 0 Å². The van der Waals surface area contributed by atoms with Crippen LogP contribution in [0, 0.1) is 12.8 Å². The molecule has 1 saturated carbocycles. The molecule has 1 aromatic rings. The van der Waals surface area contributed by atoms with Gasteiger partial charge in [-0.25, -0.2) is 4.98 Å². The smallest absolute Gasteiger partial charge is 0.128 e. The van der Waals surface area contributed by atoms with Gasteiger partial charge in [-0.05, 0) is 50.2 Å². The highest BCUT2D eigenvalue weighted by molar-refractivity contribution is 5.42. The molecule has 3 heteroatoms. The van der Waals surface area contributed by atoms with Gasteiger partial charge in [0.15, 0.2) is 0 Å². The summed E-state index contributed by atoms with van der Waals surface area (Å²) in [6, 6.07) is 4.86. The molecule has 0 radical (unpaired) electrons. The summed E-state index contributed by atoms with van der Waals surface area (Å²) in [5.41, 5.74) is 7.89. The first kappa shape index (κ1) is 13.3. The molecule has 2 N–H and O–H groups in total. The molecule has 0 aromatic carbocycles. The van der Waals surface area contributed by atoms with Crippen LogP contribution in [0.4, 0.5) is 5.82 Å². The standard InChI is InChI=1S/C15H25N3/c1-11-4-7-14(8-5-11)18(3)15-9-6-13(10-16)12(2)17-15/h6,9,11,14H,4-5,7-8,10,16H2,1-3H3. The Morgan fingerprint density at radius 2 is 1.94 bits per heavy atom. The lowest BCUT2D eigenvalue weighted by Crippen LogP contribution is -2.35. The monoisotopic (exact) mass is 247 g/mol. The number of nitrogens with two attached hydrogens (primary N) is 1. The van der Waals surface area contributed by atoms with E-state index in [0.29, 0.717) is 12.6 Å². The first-order chi connectivity index (χ1) is 8.61. The maximum atomic E-state index is 5.68. The lowest BCUT2D eigenvalue weighted by Gasteiger charge is -2.34. The molecule has 100 valence electrons. The Morgan fingerprint density at radius 3 is 2.50 bits per heavy atom. The topological polar surface area (TPSA) is 42.2 Å². The van der Waals surface area contributed by atoms with Gasteiger partial charge in [-0.2, -0.15) is 0 Å². The van der Waals surface area contributed by atoms with Crippen LogP contribution in [0.5, 0.6) is 0 Å². The SMILES string of the molecule is Cc1nc(N(C)C2CCC(C)CC2)ccc1CN. The maximum absolute atomic E-state index is 5.68. The highest BCUT2D eigenvalue weighted by Gasteiger charge is 2.22. The molecule has 0 amide bonds. The van der Waals surface area contributed by atoms with Crippen molar-refractivity contribution < 1.29 is 0 Å². The third-order valence-corrected chi connectivity index (χ3v) is 4.29. The van der Waals surface area contributed by atoms with Gasteiger partial charge in [0.2, 0.25) is 0 Å². The number of rotatable bonds is 3. The Labute approximate surface area is 110 Å². The van der Waals surface area contributed by atoms with Gasteiger partial charge in [0.05, 0.1) is 0 Å². The molecule has 0 unspecified atom stereocenters. The van der Waals surface area contributed by atoms with Gasteiger partial charge >= 0.3 is 0 Å². The van der Waals surface area contributed by atoms with Crippen LogP contribution in [-0.2, 0) is 6.54 Å². The molecule has 1 heterocycles. The summed E-state index contributed by atoms with van der Waals surface area (Å²) in [6.07, 6.45) is 5.26. The molecule has 0 spiro atoms. The highest BCUT2D eigenvalue weighted by Crippen LogP contribution is 2.28. The molecule has 0 aliphatic heterocycles. The van der Waals surface area contributed by atoms with E-state index < -0.39 is 0 Å². The first-order valence-electron chi connectivity index (χ1n) is 7.01. The van der Waals surface area contributed by atoms with E-state index in [-0.39, 0.29) is 0 Å². The minimum absolute atomic E-state index is 0.573. The Balaban J connectivity index is 2.08. The highest BCUT2D eigenvalue weighted by atomic mass is 15.2. The van der Waals surface area contributed by atoms with Gasteiger partial charge in [-0.15, -0.1) is 0 Å². The van der Waals surface area contributed by atoms with Crippen LogP contribution in [0.15, 0.2) is 12.1 Å². The summed E-state index contributed by atoms with van der Waals surface area (Å²) < 4.78 is 0. The zero-order valence-corrected chi connectivity index (χ0v) is 11.8. The zero-order chi connectivity index (χ0) is 13.1. The summed E-state index contributed by atoms with van der Waals surface area (Å²) in [5, 5.41) is 0. The van der Waals surface area contributed by atoms with Crippen molar-refractivity contribution in [1.29, 1.82) is 0 Å². The van der Waals surface area contributed by atoms with Gasteiger partial charge in [-0.3, -0.25) is 0 Å². The molecule has 2 rings (SSSR count). The molecule has 1 aliphatic rings. The summed E-state index contributed by atoms with van der Waals surface area (Å²) in [4.78, 5) is 7.03. The second-order valence-electron chi connectivity index (χ2n) is 5.64. The molecule has 0 bridgehead atoms. The molecule has 0 atom stereocenters. The fraction of sp³-hybridized carbons (Fsp3) is 0.667. The molecule has 3 nitrogen and oxygen atoms in total. The molecule has 18 heavy (non-hydrogen) atoms. The van der Waals surface area contributed by atoms with E-state index in [0.717, 1.165) is 23.0 Å². The van der Waals surface area contributed by atoms with E-state index in [1.165, 1.54) is 25.7 Å². The van der Waals surface area contributed by atoms with Crippen molar-refractivity contribution in [3.05, 3.63) is 23.4 Å². The summed E-state index contributed by atoms with van der Waals surface area (Å²) >= 11 is 0. The molecular formula is C15H25N3. The van der Waals surface area contributed by atoms with Crippen molar-refractivity contribution >= 4 is 5.82 Å². The molecule has 0 saturated heterocycles. The quantitative estimate of drug-likeness (QED) is 0.893. The lowest BCUT2D eigenvalue weighted by atomic mass is 9.87. The Hall–Kier alpha value is -1.09. The largest absolute Gasteiger partial charge is 0.357 e. The normalized spacial score (nSPS) is 24.0. The average molecular weight is 247 g/mol. The van der Waals surface area contributed by atoms with E-state index in [9.17, 15) is 0 Å². The number of hydrogen-bond donors (Lipinski definition) is 1. The minimum atomic E-state index is 0.573. The van der Waals surface area contributed by atoms with Crippen LogP contribution >= 0.6 is 0 Å². The zero-order valence-electron chi connectivity index (χ0n) is 11.8. The predicted octanol–water partition coefficient (Wildman–Crippen LogP) is 2.86. The first-order valence-corrected chi connectivity index (χ1v) is 7.01. The summed E-state index contributed by atoms with van der Waals surface area (Å²) in [6.45, 7) is 4.97. The molecule has 1 aromatic heterocycles. The van der Waals surface area contributed by atoms with Crippen molar-refractivity contribution in [2.45, 2.75) is 52.1 Å². The second-order valence-corrected chi connectivity index (χ2v) is 5.64. The number of nitrogens with zero attached hydrogens (tertiary/aromatic N) is 2. The van der Waals surface area contributed by atoms with Gasteiger partial charge in [0.25, 0.3) is 0 Å². The fourth-order valence-electron chi connectivity index (χ4n) is 2.81. The Kier molecular flexibility index (Phi) is 4.23. The third-order valence-electron chi connectivity index (χ3n) is 4.29. The molecule has 1 fully saturated rings. The van der Waals surface area contributed by atoms with E-state index >= 15 is 0 Å². The number of pyridine rings is 1.